The minimum Gasteiger partial charge on any atom is -0.508 e. The quantitative estimate of drug-likeness (QED) is 0.247. The highest BCUT2D eigenvalue weighted by atomic mass is 35.5. The number of nitrogens with zero attached hydrogens (tertiary/aromatic N) is 1. The van der Waals surface area contributed by atoms with Crippen molar-refractivity contribution < 1.29 is 33.8 Å². The highest BCUT2D eigenvalue weighted by Gasteiger charge is 2.45. The van der Waals surface area contributed by atoms with E-state index < -0.39 is 29.5 Å². The first-order valence-electron chi connectivity index (χ1n) is 11.3. The van der Waals surface area contributed by atoms with Gasteiger partial charge >= 0.3 is 5.97 Å². The number of carbonyl (C=O) groups is 3. The maximum Gasteiger partial charge on any atom is 0.338 e. The van der Waals surface area contributed by atoms with Crippen LogP contribution in [0.15, 0.2) is 88.5 Å². The second-order valence-corrected chi connectivity index (χ2v) is 8.76. The number of anilines is 1. The number of furan rings is 1. The number of aliphatic hydroxyl groups is 1. The molecule has 2 N–H and O–H groups in total. The summed E-state index contributed by atoms with van der Waals surface area (Å²) in [5.74, 6) is -2.95. The third-order valence-electron chi connectivity index (χ3n) is 6.00. The van der Waals surface area contributed by atoms with Crippen LogP contribution in [0.25, 0.3) is 11.0 Å². The van der Waals surface area contributed by atoms with Crippen LogP contribution in [0.1, 0.15) is 39.4 Å². The number of rotatable bonds is 6. The molecule has 0 spiro atoms. The van der Waals surface area contributed by atoms with Gasteiger partial charge in [0, 0.05) is 16.1 Å². The highest BCUT2D eigenvalue weighted by molar-refractivity contribution is 6.31. The maximum absolute atomic E-state index is 13.7. The first-order valence-corrected chi connectivity index (χ1v) is 11.7. The Balaban J connectivity index is 1.60. The molecule has 1 atom stereocenters. The number of phenolic OH excluding ortho intramolecular Hbond substituents is 1. The Bertz CT molecular complexity index is 1590. The first-order chi connectivity index (χ1) is 17.8. The van der Waals surface area contributed by atoms with Crippen molar-refractivity contribution in [2.24, 2.45) is 0 Å². The summed E-state index contributed by atoms with van der Waals surface area (Å²) in [6, 6.07) is 17.3. The van der Waals surface area contributed by atoms with Crippen molar-refractivity contribution in [2.45, 2.75) is 13.0 Å². The lowest BCUT2D eigenvalue weighted by molar-refractivity contribution is -0.117. The second kappa shape index (κ2) is 9.48. The summed E-state index contributed by atoms with van der Waals surface area (Å²) in [6.07, 6.45) is 0. The lowest BCUT2D eigenvalue weighted by Gasteiger charge is -2.27. The number of aliphatic hydroxyl groups excluding tert-OH is 1. The number of hydrogen-bond donors (Lipinski definition) is 2. The van der Waals surface area contributed by atoms with E-state index in [9.17, 15) is 24.6 Å². The number of ketones is 1. The molecule has 4 aromatic rings. The minimum absolute atomic E-state index is 0.0841. The molecule has 1 aliphatic rings. The number of benzene rings is 3. The molecule has 0 saturated carbocycles. The fourth-order valence-electron chi connectivity index (χ4n) is 4.35. The standard InChI is InChI=1S/C28H20ClNO7/c1-2-36-28(35)15-6-9-19(10-7-15)30-24(16-4-3-5-20(31)13-16)23(26(33)27(30)34)25(32)22-14-17-12-18(29)8-11-21(17)37-22/h3-14,24,31,33H,2H2,1H3. The Morgan fingerprint density at radius 3 is 2.49 bits per heavy atom. The molecule has 186 valence electrons. The van der Waals surface area contributed by atoms with Gasteiger partial charge in [-0.3, -0.25) is 14.5 Å². The monoisotopic (exact) mass is 517 g/mol. The van der Waals surface area contributed by atoms with Gasteiger partial charge in [-0.15, -0.1) is 0 Å². The molecule has 1 aromatic heterocycles. The van der Waals surface area contributed by atoms with Gasteiger partial charge in [0.25, 0.3) is 5.91 Å². The minimum atomic E-state index is -1.09. The topological polar surface area (TPSA) is 117 Å². The Hall–Kier alpha value is -4.56. The van der Waals surface area contributed by atoms with Crippen LogP contribution in [0.5, 0.6) is 5.75 Å². The Morgan fingerprint density at radius 2 is 1.78 bits per heavy atom. The molecule has 0 bridgehead atoms. The van der Waals surface area contributed by atoms with E-state index >= 15 is 0 Å². The normalized spacial score (nSPS) is 15.5. The number of fused-ring (bicyclic) bond motifs is 1. The van der Waals surface area contributed by atoms with Crippen molar-refractivity contribution >= 4 is 45.9 Å². The Kier molecular flexibility index (Phi) is 6.19. The number of phenols is 1. The highest BCUT2D eigenvalue weighted by Crippen LogP contribution is 2.43. The lowest BCUT2D eigenvalue weighted by atomic mass is 9.94. The van der Waals surface area contributed by atoms with Gasteiger partial charge < -0.3 is 19.4 Å². The van der Waals surface area contributed by atoms with Gasteiger partial charge in [0.15, 0.2) is 11.5 Å². The van der Waals surface area contributed by atoms with Gasteiger partial charge in [-0.1, -0.05) is 23.7 Å². The van der Waals surface area contributed by atoms with Gasteiger partial charge in [0.2, 0.25) is 5.78 Å². The third kappa shape index (κ3) is 4.32. The summed E-state index contributed by atoms with van der Waals surface area (Å²) >= 11 is 6.05. The van der Waals surface area contributed by atoms with E-state index in [1.54, 1.807) is 37.3 Å². The zero-order valence-electron chi connectivity index (χ0n) is 19.5. The molecule has 8 nitrogen and oxygen atoms in total. The lowest BCUT2D eigenvalue weighted by Crippen LogP contribution is -2.31. The number of Topliss-reactive ketones (excluding diaryl/α,β-unsaturated/α-hetero) is 1. The average molecular weight is 518 g/mol. The molecule has 1 aliphatic heterocycles. The largest absolute Gasteiger partial charge is 0.508 e. The molecule has 0 radical (unpaired) electrons. The first kappa shape index (κ1) is 24.1. The van der Waals surface area contributed by atoms with Crippen molar-refractivity contribution in [3.05, 3.63) is 106 Å². The van der Waals surface area contributed by atoms with E-state index in [0.717, 1.165) is 0 Å². The molecular weight excluding hydrogens is 498 g/mol. The van der Waals surface area contributed by atoms with Crippen LogP contribution in [0.4, 0.5) is 5.69 Å². The van der Waals surface area contributed by atoms with Crippen LogP contribution >= 0.6 is 11.6 Å². The van der Waals surface area contributed by atoms with E-state index in [2.05, 4.69) is 0 Å². The van der Waals surface area contributed by atoms with Crippen LogP contribution in [0.2, 0.25) is 5.02 Å². The Labute approximate surface area is 215 Å². The maximum atomic E-state index is 13.7. The molecule has 1 amide bonds. The van der Waals surface area contributed by atoms with E-state index in [-0.39, 0.29) is 29.3 Å². The van der Waals surface area contributed by atoms with Crippen molar-refractivity contribution in [1.29, 1.82) is 0 Å². The predicted molar refractivity (Wildman–Crippen MR) is 136 cm³/mol. The van der Waals surface area contributed by atoms with Crippen molar-refractivity contribution in [3.63, 3.8) is 0 Å². The molecule has 2 heterocycles. The number of hydrogen-bond acceptors (Lipinski definition) is 7. The number of esters is 1. The number of ether oxygens (including phenoxy) is 1. The summed E-state index contributed by atoms with van der Waals surface area (Å²) in [7, 11) is 0. The van der Waals surface area contributed by atoms with Crippen LogP contribution in [0, 0.1) is 0 Å². The number of amides is 1. The van der Waals surface area contributed by atoms with Crippen molar-refractivity contribution in [3.8, 4) is 5.75 Å². The summed E-state index contributed by atoms with van der Waals surface area (Å²) in [6.45, 7) is 1.90. The number of carbonyl (C=O) groups excluding carboxylic acids is 3. The summed E-state index contributed by atoms with van der Waals surface area (Å²) in [5.41, 5.74) is 1.18. The fourth-order valence-corrected chi connectivity index (χ4v) is 4.53. The van der Waals surface area contributed by atoms with Crippen molar-refractivity contribution in [1.82, 2.24) is 0 Å². The molecule has 9 heteroatoms. The van der Waals surface area contributed by atoms with E-state index in [1.165, 1.54) is 47.4 Å². The Morgan fingerprint density at radius 1 is 1.03 bits per heavy atom. The predicted octanol–water partition coefficient (Wildman–Crippen LogP) is 5.75. The van der Waals surface area contributed by atoms with Crippen LogP contribution in [-0.2, 0) is 9.53 Å². The van der Waals surface area contributed by atoms with Gasteiger partial charge in [-0.05, 0) is 73.2 Å². The SMILES string of the molecule is CCOC(=O)c1ccc(N2C(=O)C(O)=C(C(=O)c3cc4cc(Cl)ccc4o3)C2c2cccc(O)c2)cc1. The third-order valence-corrected chi connectivity index (χ3v) is 6.23. The molecule has 37 heavy (non-hydrogen) atoms. The van der Waals surface area contributed by atoms with Crippen molar-refractivity contribution in [2.75, 3.05) is 11.5 Å². The molecule has 0 saturated heterocycles. The number of aromatic hydroxyl groups is 1. The van der Waals surface area contributed by atoms with E-state index in [1.807, 2.05) is 0 Å². The van der Waals surface area contributed by atoms with Gasteiger partial charge in [-0.25, -0.2) is 4.79 Å². The molecule has 0 fully saturated rings. The van der Waals surface area contributed by atoms with E-state index in [0.29, 0.717) is 27.2 Å². The zero-order chi connectivity index (χ0) is 26.3. The van der Waals surface area contributed by atoms with Crippen LogP contribution in [0.3, 0.4) is 0 Å². The zero-order valence-corrected chi connectivity index (χ0v) is 20.2. The fraction of sp³-hybridized carbons (Fsp3) is 0.107. The van der Waals surface area contributed by atoms with Gasteiger partial charge in [0.05, 0.1) is 23.8 Å². The molecular formula is C28H20ClNO7. The van der Waals surface area contributed by atoms with Crippen LogP contribution in [-0.4, -0.2) is 34.5 Å². The average Bonchev–Trinajstić information content (AvgIpc) is 3.42. The van der Waals surface area contributed by atoms with Gasteiger partial charge in [0.1, 0.15) is 11.3 Å². The molecule has 3 aromatic carbocycles. The summed E-state index contributed by atoms with van der Waals surface area (Å²) in [4.78, 5) is 40.3. The van der Waals surface area contributed by atoms with Crippen LogP contribution < -0.4 is 4.90 Å². The summed E-state index contributed by atoms with van der Waals surface area (Å²) < 4.78 is 10.7. The smallest absolute Gasteiger partial charge is 0.338 e. The second-order valence-electron chi connectivity index (χ2n) is 8.32. The summed E-state index contributed by atoms with van der Waals surface area (Å²) in [5, 5.41) is 22.1. The molecule has 0 aliphatic carbocycles. The number of halogens is 1. The molecule has 1 unspecified atom stereocenters. The molecule has 5 rings (SSSR count). The van der Waals surface area contributed by atoms with Gasteiger partial charge in [-0.2, -0.15) is 0 Å². The van der Waals surface area contributed by atoms with E-state index in [4.69, 9.17) is 20.8 Å².